The number of nitrogens with one attached hydrogen (secondary N) is 1. The van der Waals surface area contributed by atoms with Crippen molar-refractivity contribution in [3.63, 3.8) is 0 Å². The van der Waals surface area contributed by atoms with Gasteiger partial charge in [0.25, 0.3) is 0 Å². The molecule has 7 nitrogen and oxygen atoms in total. The van der Waals surface area contributed by atoms with Crippen molar-refractivity contribution in [1.29, 1.82) is 0 Å². The second kappa shape index (κ2) is 10.8. The van der Waals surface area contributed by atoms with E-state index < -0.39 is 5.97 Å². The molecule has 1 amide bonds. The van der Waals surface area contributed by atoms with E-state index in [1.54, 1.807) is 0 Å². The Kier molecular flexibility index (Phi) is 7.61. The maximum atomic E-state index is 12.8. The van der Waals surface area contributed by atoms with Crippen molar-refractivity contribution in [3.05, 3.63) is 59.8 Å². The molecule has 0 saturated heterocycles. The highest BCUT2D eigenvalue weighted by atomic mass is 32.2. The number of aromatic nitrogens is 3. The average molecular weight is 483 g/mol. The van der Waals surface area contributed by atoms with Crippen LogP contribution in [0.4, 0.5) is 5.00 Å². The zero-order valence-corrected chi connectivity index (χ0v) is 20.1. The Labute approximate surface area is 201 Å². The van der Waals surface area contributed by atoms with Gasteiger partial charge in [-0.3, -0.25) is 4.79 Å². The van der Waals surface area contributed by atoms with Gasteiger partial charge in [0, 0.05) is 23.4 Å². The molecule has 9 heteroatoms. The molecule has 0 atom stereocenters. The van der Waals surface area contributed by atoms with Crippen LogP contribution in [0.2, 0.25) is 0 Å². The molecule has 1 aromatic carbocycles. The summed E-state index contributed by atoms with van der Waals surface area (Å²) in [5, 5.41) is 14.7. The Hall–Kier alpha value is -2.91. The lowest BCUT2D eigenvalue weighted by Crippen LogP contribution is -2.16. The van der Waals surface area contributed by atoms with Gasteiger partial charge in [0.15, 0.2) is 5.16 Å². The van der Waals surface area contributed by atoms with E-state index >= 15 is 0 Å². The van der Waals surface area contributed by atoms with Gasteiger partial charge in [-0.15, -0.1) is 28.1 Å². The van der Waals surface area contributed by atoms with Gasteiger partial charge in [-0.05, 0) is 18.4 Å². The van der Waals surface area contributed by atoms with Gasteiger partial charge in [-0.25, -0.2) is 4.79 Å². The van der Waals surface area contributed by atoms with E-state index in [-0.39, 0.29) is 11.7 Å². The number of nitrogens with zero attached hydrogens (tertiary/aromatic N) is 3. The maximum absolute atomic E-state index is 12.8. The predicted molar refractivity (Wildman–Crippen MR) is 132 cm³/mol. The number of anilines is 1. The minimum Gasteiger partial charge on any atom is -0.465 e. The first-order chi connectivity index (χ1) is 16.1. The third-order valence-electron chi connectivity index (χ3n) is 5.63. The van der Waals surface area contributed by atoms with E-state index in [1.165, 1.54) is 43.1 Å². The quantitative estimate of drug-likeness (QED) is 0.251. The standard InChI is InChI=1S/C24H26N4O3S2/c1-3-13-28-21(17-11-7-8-12-17)26-27-24(28)33-15-19(29)25-22-20(23(30)31-2)18(14-32-22)16-9-5-4-6-10-16/h3-6,9-10,14,17H,1,7-8,11-13,15H2,2H3,(H,25,29). The highest BCUT2D eigenvalue weighted by molar-refractivity contribution is 7.99. The van der Waals surface area contributed by atoms with Crippen molar-refractivity contribution in [2.24, 2.45) is 0 Å². The summed E-state index contributed by atoms with van der Waals surface area (Å²) in [5.74, 6) is 0.853. The average Bonchev–Trinajstić information content (AvgIpc) is 3.58. The molecule has 33 heavy (non-hydrogen) atoms. The number of rotatable bonds is 9. The number of hydrogen-bond donors (Lipinski definition) is 1. The molecule has 0 bridgehead atoms. The van der Waals surface area contributed by atoms with E-state index in [9.17, 15) is 9.59 Å². The van der Waals surface area contributed by atoms with Crippen LogP contribution in [0.3, 0.4) is 0 Å². The smallest absolute Gasteiger partial charge is 0.341 e. The number of allylic oxidation sites excluding steroid dienone is 1. The third-order valence-corrected chi connectivity index (χ3v) is 7.49. The number of amides is 1. The molecule has 3 aromatic rings. The van der Waals surface area contributed by atoms with Crippen LogP contribution in [0.25, 0.3) is 11.1 Å². The van der Waals surface area contributed by atoms with Crippen LogP contribution in [-0.4, -0.2) is 39.5 Å². The number of hydrogen-bond acceptors (Lipinski definition) is 7. The van der Waals surface area contributed by atoms with Gasteiger partial charge in [-0.1, -0.05) is 61.0 Å². The number of esters is 1. The number of benzene rings is 1. The zero-order chi connectivity index (χ0) is 23.2. The molecule has 1 aliphatic rings. The summed E-state index contributed by atoms with van der Waals surface area (Å²) in [4.78, 5) is 25.3. The molecule has 172 valence electrons. The lowest BCUT2D eigenvalue weighted by atomic mass is 10.0. The monoisotopic (exact) mass is 482 g/mol. The molecular formula is C24H26N4O3S2. The minimum absolute atomic E-state index is 0.152. The SMILES string of the molecule is C=CCn1c(SCC(=O)Nc2scc(-c3ccccc3)c2C(=O)OC)nnc1C1CCCC1. The molecule has 4 rings (SSSR count). The molecule has 2 aromatic heterocycles. The summed E-state index contributed by atoms with van der Waals surface area (Å²) in [5.41, 5.74) is 1.99. The van der Waals surface area contributed by atoms with Crippen molar-refractivity contribution < 1.29 is 14.3 Å². The number of ether oxygens (including phenoxy) is 1. The summed E-state index contributed by atoms with van der Waals surface area (Å²) in [6.45, 7) is 4.46. The van der Waals surface area contributed by atoms with Crippen LogP contribution in [0.1, 0.15) is 47.8 Å². The fourth-order valence-electron chi connectivity index (χ4n) is 4.07. The Morgan fingerprint density at radius 2 is 2.03 bits per heavy atom. The molecule has 2 heterocycles. The Balaban J connectivity index is 1.48. The first-order valence-electron chi connectivity index (χ1n) is 10.8. The van der Waals surface area contributed by atoms with Gasteiger partial charge in [-0.2, -0.15) is 0 Å². The third kappa shape index (κ3) is 5.20. The van der Waals surface area contributed by atoms with E-state index in [0.717, 1.165) is 29.8 Å². The lowest BCUT2D eigenvalue weighted by Gasteiger charge is -2.12. The largest absolute Gasteiger partial charge is 0.465 e. The fourth-order valence-corrected chi connectivity index (χ4v) is 5.80. The van der Waals surface area contributed by atoms with Crippen molar-refractivity contribution in [1.82, 2.24) is 14.8 Å². The number of carbonyl (C=O) groups is 2. The van der Waals surface area contributed by atoms with E-state index in [0.29, 0.717) is 28.2 Å². The van der Waals surface area contributed by atoms with Gasteiger partial charge in [0.05, 0.1) is 12.9 Å². The molecule has 0 aliphatic heterocycles. The Morgan fingerprint density at radius 1 is 1.27 bits per heavy atom. The lowest BCUT2D eigenvalue weighted by molar-refractivity contribution is -0.113. The summed E-state index contributed by atoms with van der Waals surface area (Å²) >= 11 is 2.64. The molecule has 1 fully saturated rings. The fraction of sp³-hybridized carbons (Fsp3) is 0.333. The maximum Gasteiger partial charge on any atom is 0.341 e. The van der Waals surface area contributed by atoms with Gasteiger partial charge in [0.1, 0.15) is 16.4 Å². The first kappa shape index (κ1) is 23.3. The second-order valence-corrected chi connectivity index (χ2v) is 9.59. The molecule has 1 N–H and O–H groups in total. The molecule has 0 unspecified atom stereocenters. The van der Waals surface area contributed by atoms with Crippen molar-refractivity contribution in [2.75, 3.05) is 18.2 Å². The number of thioether (sulfide) groups is 1. The van der Waals surface area contributed by atoms with E-state index in [2.05, 4.69) is 26.7 Å². The number of methoxy groups -OCH3 is 1. The summed E-state index contributed by atoms with van der Waals surface area (Å²) < 4.78 is 7.04. The van der Waals surface area contributed by atoms with Crippen LogP contribution in [-0.2, 0) is 16.1 Å². The summed E-state index contributed by atoms with van der Waals surface area (Å²) in [6, 6.07) is 9.57. The normalized spacial score (nSPS) is 13.7. The summed E-state index contributed by atoms with van der Waals surface area (Å²) in [7, 11) is 1.34. The van der Waals surface area contributed by atoms with E-state index in [4.69, 9.17) is 4.74 Å². The van der Waals surface area contributed by atoms with Gasteiger partial charge in [0.2, 0.25) is 5.91 Å². The van der Waals surface area contributed by atoms with Crippen molar-refractivity contribution in [3.8, 4) is 11.1 Å². The molecule has 0 spiro atoms. The zero-order valence-electron chi connectivity index (χ0n) is 18.5. The van der Waals surface area contributed by atoms with Crippen molar-refractivity contribution in [2.45, 2.75) is 43.3 Å². The van der Waals surface area contributed by atoms with Crippen LogP contribution in [0.5, 0.6) is 0 Å². The predicted octanol–water partition coefficient (Wildman–Crippen LogP) is 5.37. The van der Waals surface area contributed by atoms with Crippen LogP contribution in [0, 0.1) is 0 Å². The van der Waals surface area contributed by atoms with E-state index in [1.807, 2.05) is 41.8 Å². The molecular weight excluding hydrogens is 456 g/mol. The van der Waals surface area contributed by atoms with Crippen molar-refractivity contribution >= 4 is 40.0 Å². The van der Waals surface area contributed by atoms with Crippen LogP contribution < -0.4 is 5.32 Å². The Morgan fingerprint density at radius 3 is 2.73 bits per heavy atom. The highest BCUT2D eigenvalue weighted by Crippen LogP contribution is 2.37. The van der Waals surface area contributed by atoms with Crippen LogP contribution in [0.15, 0.2) is 53.5 Å². The Bertz CT molecular complexity index is 1130. The van der Waals surface area contributed by atoms with Gasteiger partial charge >= 0.3 is 5.97 Å². The summed E-state index contributed by atoms with van der Waals surface area (Å²) in [6.07, 6.45) is 6.50. The highest BCUT2D eigenvalue weighted by Gasteiger charge is 2.25. The van der Waals surface area contributed by atoms with Crippen LogP contribution >= 0.6 is 23.1 Å². The number of thiophene rings is 1. The first-order valence-corrected chi connectivity index (χ1v) is 12.7. The molecule has 0 radical (unpaired) electrons. The second-order valence-electron chi connectivity index (χ2n) is 7.77. The van der Waals surface area contributed by atoms with Gasteiger partial charge < -0.3 is 14.6 Å². The topological polar surface area (TPSA) is 86.1 Å². The molecule has 1 saturated carbocycles. The number of carbonyl (C=O) groups excluding carboxylic acids is 2. The minimum atomic E-state index is -0.481. The molecule has 1 aliphatic carbocycles.